The molecule has 40 heavy (non-hydrogen) atoms. The summed E-state index contributed by atoms with van der Waals surface area (Å²) in [6.45, 7) is 7.51. The van der Waals surface area contributed by atoms with Crippen LogP contribution in [0, 0.1) is 0 Å². The van der Waals surface area contributed by atoms with E-state index in [4.69, 9.17) is 19.0 Å². The first-order valence-corrected chi connectivity index (χ1v) is 13.5. The van der Waals surface area contributed by atoms with Crippen LogP contribution in [0.1, 0.15) is 24.5 Å². The lowest BCUT2D eigenvalue weighted by atomic mass is 10.1. The van der Waals surface area contributed by atoms with E-state index in [1.807, 2.05) is 73.7 Å². The lowest BCUT2D eigenvalue weighted by Gasteiger charge is -2.26. The van der Waals surface area contributed by atoms with Crippen molar-refractivity contribution in [1.82, 2.24) is 14.9 Å². The van der Waals surface area contributed by atoms with Gasteiger partial charge in [-0.3, -0.25) is 4.90 Å². The van der Waals surface area contributed by atoms with Crippen LogP contribution in [0.25, 0.3) is 10.9 Å². The number of fused-ring (bicyclic) bond motifs is 1. The summed E-state index contributed by atoms with van der Waals surface area (Å²) >= 11 is 0. The van der Waals surface area contributed by atoms with Crippen molar-refractivity contribution in [1.29, 1.82) is 0 Å². The van der Waals surface area contributed by atoms with Crippen molar-refractivity contribution in [3.05, 3.63) is 84.2 Å². The van der Waals surface area contributed by atoms with Crippen LogP contribution >= 0.6 is 0 Å². The van der Waals surface area contributed by atoms with Gasteiger partial charge in [-0.05, 0) is 42.7 Å². The summed E-state index contributed by atoms with van der Waals surface area (Å²) in [6, 6.07) is 21.8. The third-order valence-electron chi connectivity index (χ3n) is 6.74. The smallest absolute Gasteiger partial charge is 0.163 e. The lowest BCUT2D eigenvalue weighted by Crippen LogP contribution is -2.37. The average Bonchev–Trinajstić information content (AvgIpc) is 3.00. The molecule has 1 aromatic heterocycles. The van der Waals surface area contributed by atoms with E-state index in [1.54, 1.807) is 13.4 Å². The molecule has 9 nitrogen and oxygen atoms in total. The van der Waals surface area contributed by atoms with Crippen molar-refractivity contribution in [2.24, 2.45) is 5.16 Å². The maximum absolute atomic E-state index is 6.09. The molecule has 0 aliphatic carbocycles. The lowest BCUT2D eigenvalue weighted by molar-refractivity contribution is 0.0357. The Morgan fingerprint density at radius 2 is 1.80 bits per heavy atom. The molecule has 0 bridgehead atoms. The second-order valence-corrected chi connectivity index (χ2v) is 9.54. The topological polar surface area (TPSA) is 90.3 Å². The van der Waals surface area contributed by atoms with Gasteiger partial charge in [0.25, 0.3) is 0 Å². The number of anilines is 2. The predicted octanol–water partition coefficient (Wildman–Crippen LogP) is 5.42. The molecule has 0 spiro atoms. The highest BCUT2D eigenvalue weighted by atomic mass is 16.6. The summed E-state index contributed by atoms with van der Waals surface area (Å²) in [5.74, 6) is 2.01. The number of rotatable bonds is 12. The number of methoxy groups -OCH3 is 1. The minimum Gasteiger partial charge on any atom is -0.493 e. The van der Waals surface area contributed by atoms with Crippen LogP contribution in [0.15, 0.2) is 78.2 Å². The Hall–Kier alpha value is -4.21. The summed E-state index contributed by atoms with van der Waals surface area (Å²) < 4.78 is 17.2. The fourth-order valence-corrected chi connectivity index (χ4v) is 4.49. The van der Waals surface area contributed by atoms with Crippen LogP contribution in [-0.4, -0.2) is 67.1 Å². The van der Waals surface area contributed by atoms with Gasteiger partial charge in [-0.1, -0.05) is 47.6 Å². The molecule has 1 fully saturated rings. The molecule has 9 heteroatoms. The van der Waals surface area contributed by atoms with E-state index < -0.39 is 0 Å². The zero-order valence-electron chi connectivity index (χ0n) is 23.0. The molecule has 2 heterocycles. The zero-order chi connectivity index (χ0) is 27.6. The molecule has 4 aromatic rings. The van der Waals surface area contributed by atoms with E-state index in [2.05, 4.69) is 25.3 Å². The molecular weight excluding hydrogens is 506 g/mol. The van der Waals surface area contributed by atoms with E-state index >= 15 is 0 Å². The molecule has 0 radical (unpaired) electrons. The van der Waals surface area contributed by atoms with E-state index in [9.17, 15) is 0 Å². The second-order valence-electron chi connectivity index (χ2n) is 9.54. The highest BCUT2D eigenvalue weighted by Crippen LogP contribution is 2.34. The summed E-state index contributed by atoms with van der Waals surface area (Å²) in [5.41, 5.74) is 4.52. The van der Waals surface area contributed by atoms with E-state index in [-0.39, 0.29) is 0 Å². The maximum Gasteiger partial charge on any atom is 0.163 e. The van der Waals surface area contributed by atoms with Crippen LogP contribution in [0.3, 0.4) is 0 Å². The van der Waals surface area contributed by atoms with Crippen molar-refractivity contribution < 1.29 is 19.0 Å². The first-order valence-electron chi connectivity index (χ1n) is 13.5. The van der Waals surface area contributed by atoms with E-state index in [0.717, 1.165) is 72.7 Å². The van der Waals surface area contributed by atoms with Gasteiger partial charge < -0.3 is 24.4 Å². The van der Waals surface area contributed by atoms with Gasteiger partial charge >= 0.3 is 0 Å². The third-order valence-corrected chi connectivity index (χ3v) is 6.74. The molecule has 3 aromatic carbocycles. The van der Waals surface area contributed by atoms with Gasteiger partial charge in [0.15, 0.2) is 11.5 Å². The zero-order valence-corrected chi connectivity index (χ0v) is 23.0. The van der Waals surface area contributed by atoms with E-state index in [0.29, 0.717) is 30.5 Å². The van der Waals surface area contributed by atoms with Crippen LogP contribution in [0.5, 0.6) is 11.5 Å². The highest BCUT2D eigenvalue weighted by molar-refractivity contribution is 5.99. The average molecular weight is 542 g/mol. The molecule has 208 valence electrons. The van der Waals surface area contributed by atoms with Crippen molar-refractivity contribution in [3.63, 3.8) is 0 Å². The second kappa shape index (κ2) is 13.7. The number of morpholine rings is 1. The van der Waals surface area contributed by atoms with Crippen LogP contribution in [-0.2, 0) is 16.2 Å². The van der Waals surface area contributed by atoms with Crippen LogP contribution in [0.2, 0.25) is 0 Å². The predicted molar refractivity (Wildman–Crippen MR) is 157 cm³/mol. The normalized spacial score (nSPS) is 14.2. The Kier molecular flexibility index (Phi) is 9.39. The molecule has 1 saturated heterocycles. The van der Waals surface area contributed by atoms with Crippen molar-refractivity contribution >= 4 is 28.1 Å². The number of ether oxygens (including phenoxy) is 3. The Balaban J connectivity index is 1.22. The van der Waals surface area contributed by atoms with Crippen molar-refractivity contribution in [3.8, 4) is 11.5 Å². The summed E-state index contributed by atoms with van der Waals surface area (Å²) in [5, 5.41) is 8.51. The van der Waals surface area contributed by atoms with Gasteiger partial charge in [-0.15, -0.1) is 0 Å². The largest absolute Gasteiger partial charge is 0.493 e. The standard InChI is InChI=1S/C31H35N5O4/c1-23(35-40-21-24-7-4-3-5-8-24)25-9-11-26(12-10-25)34-31-27-19-29(37-2)30(20-28(27)32-22-33-31)39-16-6-13-36-14-17-38-18-15-36/h3-5,7-12,19-20,22H,6,13-18,21H2,1-2H3,(H,32,33,34)/b35-23+. The van der Waals surface area contributed by atoms with Gasteiger partial charge in [-0.25, -0.2) is 9.97 Å². The van der Waals surface area contributed by atoms with Gasteiger partial charge in [0.1, 0.15) is 18.8 Å². The Morgan fingerprint density at radius 3 is 2.58 bits per heavy atom. The quantitative estimate of drug-likeness (QED) is 0.144. The van der Waals surface area contributed by atoms with Crippen LogP contribution in [0.4, 0.5) is 11.5 Å². The fraction of sp³-hybridized carbons (Fsp3) is 0.323. The first kappa shape index (κ1) is 27.4. The molecule has 0 unspecified atom stereocenters. The SMILES string of the molecule is COc1cc2c(Nc3ccc(/C(C)=N/OCc4ccccc4)cc3)ncnc2cc1OCCCN1CCOCC1. The molecule has 0 atom stereocenters. The van der Waals surface area contributed by atoms with Gasteiger partial charge in [0.2, 0.25) is 0 Å². The number of aromatic nitrogens is 2. The summed E-state index contributed by atoms with van der Waals surface area (Å²) in [6.07, 6.45) is 2.48. The molecule has 1 N–H and O–H groups in total. The maximum atomic E-state index is 6.09. The molecule has 5 rings (SSSR count). The summed E-state index contributed by atoms with van der Waals surface area (Å²) in [4.78, 5) is 16.9. The molecule has 1 aliphatic heterocycles. The van der Waals surface area contributed by atoms with Crippen molar-refractivity contribution in [2.45, 2.75) is 20.0 Å². The molecule has 1 aliphatic rings. The van der Waals surface area contributed by atoms with Gasteiger partial charge in [0, 0.05) is 36.8 Å². The number of nitrogens with zero attached hydrogens (tertiary/aromatic N) is 4. The summed E-state index contributed by atoms with van der Waals surface area (Å²) in [7, 11) is 1.64. The molecular formula is C31H35N5O4. The number of nitrogens with one attached hydrogen (secondary N) is 1. The minimum atomic E-state index is 0.434. The highest BCUT2D eigenvalue weighted by Gasteiger charge is 2.13. The molecule has 0 saturated carbocycles. The number of benzene rings is 3. The number of oxime groups is 1. The Morgan fingerprint density at radius 1 is 1.00 bits per heavy atom. The first-order chi connectivity index (χ1) is 19.7. The Labute approximate surface area is 234 Å². The van der Waals surface area contributed by atoms with E-state index in [1.165, 1.54) is 0 Å². The third kappa shape index (κ3) is 7.25. The number of hydrogen-bond acceptors (Lipinski definition) is 9. The fourth-order valence-electron chi connectivity index (χ4n) is 4.49. The Bertz CT molecular complexity index is 1410. The van der Waals surface area contributed by atoms with Gasteiger partial charge in [0.05, 0.1) is 38.2 Å². The van der Waals surface area contributed by atoms with Gasteiger partial charge in [-0.2, -0.15) is 0 Å². The van der Waals surface area contributed by atoms with Crippen molar-refractivity contribution in [2.75, 3.05) is 51.9 Å². The monoisotopic (exact) mass is 541 g/mol. The molecule has 0 amide bonds. The van der Waals surface area contributed by atoms with Crippen LogP contribution < -0.4 is 14.8 Å². The minimum absolute atomic E-state index is 0.434. The number of hydrogen-bond donors (Lipinski definition) is 1.